The third kappa shape index (κ3) is 4.62. The smallest absolute Gasteiger partial charge is 0.504 e. The Hall–Kier alpha value is -4.70. The number of aromatic nitrogens is 2. The molecule has 0 bridgehead atoms. The first-order valence-corrected chi connectivity index (χ1v) is 13.8. The standard InChI is InChI=1S/C26H18N3.C11H8N.CH3.Ir/c1-27-16-28(24-12-5-4-11-23(24)27)17-13-14-19-21-9-6-8-20-18-7-2-3-10-22(18)29(26(20)21)25(19)15-17;1-2-6-10(7-3-1)11-8-4-5-9-12-11;;/h2-16H,1H3;1-6,8-9H;1H3;/q3*-1;+3. The molecule has 1 aliphatic rings. The second-order valence-electron chi connectivity index (χ2n) is 10.3. The van der Waals surface area contributed by atoms with E-state index < -0.39 is 0 Å². The van der Waals surface area contributed by atoms with Crippen molar-refractivity contribution in [2.45, 2.75) is 0 Å². The Balaban J connectivity index is 0.000000200. The zero-order valence-electron chi connectivity index (χ0n) is 23.9. The van der Waals surface area contributed by atoms with Crippen LogP contribution in [0.25, 0.3) is 49.4 Å². The van der Waals surface area contributed by atoms with E-state index in [-0.39, 0.29) is 27.5 Å². The van der Waals surface area contributed by atoms with E-state index in [4.69, 9.17) is 0 Å². The average Bonchev–Trinajstić information content (AvgIpc) is 3.69. The molecule has 0 spiro atoms. The molecule has 0 N–H and O–H groups in total. The van der Waals surface area contributed by atoms with Gasteiger partial charge in [0.15, 0.2) is 0 Å². The van der Waals surface area contributed by atoms with Crippen molar-refractivity contribution in [3.63, 3.8) is 0 Å². The fourth-order valence-electron chi connectivity index (χ4n) is 6.11. The van der Waals surface area contributed by atoms with E-state index >= 15 is 0 Å². The molecule has 0 atom stereocenters. The minimum absolute atomic E-state index is 0. The van der Waals surface area contributed by atoms with Gasteiger partial charge < -0.3 is 26.6 Å². The van der Waals surface area contributed by atoms with E-state index in [1.54, 1.807) is 6.20 Å². The Kier molecular flexibility index (Phi) is 7.62. The summed E-state index contributed by atoms with van der Waals surface area (Å²) in [6.45, 7) is 2.16. The van der Waals surface area contributed by atoms with Gasteiger partial charge in [-0.05, 0) is 49.1 Å². The Morgan fingerprint density at radius 1 is 0.651 bits per heavy atom. The van der Waals surface area contributed by atoms with Gasteiger partial charge in [0.25, 0.3) is 0 Å². The fraction of sp³-hybridized carbons (Fsp3) is 0.0263. The summed E-state index contributed by atoms with van der Waals surface area (Å²) in [6.07, 6.45) is 1.79. The maximum atomic E-state index is 4.22. The van der Waals surface area contributed by atoms with Crippen molar-refractivity contribution in [3.05, 3.63) is 154 Å². The molecule has 0 saturated heterocycles. The molecule has 5 heteroatoms. The van der Waals surface area contributed by atoms with Crippen LogP contribution in [0.15, 0.2) is 134 Å². The second-order valence-corrected chi connectivity index (χ2v) is 10.3. The summed E-state index contributed by atoms with van der Waals surface area (Å²) < 4.78 is 2.44. The first-order valence-electron chi connectivity index (χ1n) is 13.8. The van der Waals surface area contributed by atoms with Gasteiger partial charge in [0.2, 0.25) is 0 Å². The molecule has 210 valence electrons. The predicted octanol–water partition coefficient (Wildman–Crippen LogP) is 9.54. The molecule has 0 unspecified atom stereocenters. The predicted molar refractivity (Wildman–Crippen MR) is 177 cm³/mol. The van der Waals surface area contributed by atoms with E-state index in [1.165, 1.54) is 55.2 Å². The number of pyridine rings is 1. The molecule has 4 nitrogen and oxygen atoms in total. The van der Waals surface area contributed by atoms with E-state index in [0.29, 0.717) is 0 Å². The molecular formula is C38H29IrN4. The maximum absolute atomic E-state index is 4.22. The van der Waals surface area contributed by atoms with Gasteiger partial charge in [0.05, 0.1) is 16.6 Å². The van der Waals surface area contributed by atoms with Gasteiger partial charge in [-0.15, -0.1) is 35.9 Å². The Morgan fingerprint density at radius 3 is 2.12 bits per heavy atom. The van der Waals surface area contributed by atoms with Crippen molar-refractivity contribution in [1.82, 2.24) is 9.38 Å². The minimum atomic E-state index is 0. The van der Waals surface area contributed by atoms with Crippen LogP contribution in [0.3, 0.4) is 0 Å². The third-order valence-electron chi connectivity index (χ3n) is 7.95. The summed E-state index contributed by atoms with van der Waals surface area (Å²) in [6, 6.07) is 47.6. The zero-order valence-corrected chi connectivity index (χ0v) is 26.3. The van der Waals surface area contributed by atoms with Gasteiger partial charge in [-0.2, -0.15) is 6.67 Å². The van der Waals surface area contributed by atoms with Crippen molar-refractivity contribution in [3.8, 4) is 11.3 Å². The number of para-hydroxylation sites is 4. The van der Waals surface area contributed by atoms with Crippen molar-refractivity contribution in [1.29, 1.82) is 0 Å². The van der Waals surface area contributed by atoms with Gasteiger partial charge in [0, 0.05) is 44.8 Å². The SMILES string of the molecule is CN1[CH-]N(c2ccc3c4cccc5c6ccccc6n(c3c2)c54)c2ccccc21.[CH3-].[Ir+3].[c-]1ccccc1-c1ccccn1. The molecular weight excluding hydrogens is 705 g/mol. The van der Waals surface area contributed by atoms with E-state index in [2.05, 4.69) is 124 Å². The van der Waals surface area contributed by atoms with Crippen molar-refractivity contribution in [2.75, 3.05) is 16.8 Å². The summed E-state index contributed by atoms with van der Waals surface area (Å²) in [5, 5.41) is 5.27. The summed E-state index contributed by atoms with van der Waals surface area (Å²) in [5.74, 6) is 0. The topological polar surface area (TPSA) is 23.8 Å². The van der Waals surface area contributed by atoms with Crippen LogP contribution >= 0.6 is 0 Å². The molecule has 0 saturated carbocycles. The van der Waals surface area contributed by atoms with Crippen LogP contribution in [0, 0.1) is 20.2 Å². The van der Waals surface area contributed by atoms with Gasteiger partial charge in [-0.25, -0.2) is 0 Å². The summed E-state index contributed by atoms with van der Waals surface area (Å²) in [5.41, 5.74) is 9.49. The average molecular weight is 734 g/mol. The normalized spacial score (nSPS) is 12.2. The Labute approximate surface area is 265 Å². The molecule has 43 heavy (non-hydrogen) atoms. The molecule has 1 aliphatic heterocycles. The number of rotatable bonds is 2. The zero-order chi connectivity index (χ0) is 27.3. The number of benzene rings is 5. The van der Waals surface area contributed by atoms with Crippen molar-refractivity contribution in [2.24, 2.45) is 0 Å². The van der Waals surface area contributed by atoms with E-state index in [0.717, 1.165) is 11.3 Å². The molecule has 3 aromatic heterocycles. The molecule has 4 heterocycles. The minimum Gasteiger partial charge on any atom is -0.504 e. The van der Waals surface area contributed by atoms with Crippen molar-refractivity contribution < 1.29 is 20.1 Å². The van der Waals surface area contributed by atoms with Gasteiger partial charge >= 0.3 is 20.1 Å². The second kappa shape index (κ2) is 11.5. The molecule has 0 radical (unpaired) electrons. The van der Waals surface area contributed by atoms with Crippen LogP contribution in [0.5, 0.6) is 0 Å². The Morgan fingerprint density at radius 2 is 1.35 bits per heavy atom. The number of hydrogen-bond acceptors (Lipinski definition) is 3. The number of fused-ring (bicyclic) bond motifs is 7. The van der Waals surface area contributed by atoms with Gasteiger partial charge in [0.1, 0.15) is 0 Å². The van der Waals surface area contributed by atoms with Crippen LogP contribution in [0.1, 0.15) is 0 Å². The summed E-state index contributed by atoms with van der Waals surface area (Å²) >= 11 is 0. The van der Waals surface area contributed by atoms with Crippen LogP contribution in [-0.4, -0.2) is 16.4 Å². The molecule has 0 amide bonds. The summed E-state index contributed by atoms with van der Waals surface area (Å²) in [7, 11) is 2.10. The fourth-order valence-corrected chi connectivity index (χ4v) is 6.11. The molecule has 8 aromatic rings. The van der Waals surface area contributed by atoms with Gasteiger partial charge in [-0.3, -0.25) is 0 Å². The Bertz CT molecular complexity index is 2120. The van der Waals surface area contributed by atoms with Crippen LogP contribution in [0.2, 0.25) is 0 Å². The number of anilines is 3. The largest absolute Gasteiger partial charge is 3.00 e. The molecule has 9 rings (SSSR count). The number of hydrogen-bond donors (Lipinski definition) is 0. The third-order valence-corrected chi connectivity index (χ3v) is 7.95. The molecule has 0 aliphatic carbocycles. The van der Waals surface area contributed by atoms with Gasteiger partial charge in [-0.1, -0.05) is 66.7 Å². The molecule has 0 fully saturated rings. The van der Waals surface area contributed by atoms with E-state index in [9.17, 15) is 0 Å². The first kappa shape index (κ1) is 28.4. The molecule has 5 aromatic carbocycles. The van der Waals surface area contributed by atoms with Crippen molar-refractivity contribution >= 4 is 55.2 Å². The van der Waals surface area contributed by atoms with E-state index in [1.807, 2.05) is 42.5 Å². The summed E-state index contributed by atoms with van der Waals surface area (Å²) in [4.78, 5) is 8.68. The van der Waals surface area contributed by atoms with Crippen LogP contribution < -0.4 is 9.80 Å². The van der Waals surface area contributed by atoms with Crippen LogP contribution in [0.4, 0.5) is 17.1 Å². The quantitative estimate of drug-likeness (QED) is 0.166. The maximum Gasteiger partial charge on any atom is 3.00 e. The monoisotopic (exact) mass is 734 g/mol. The van der Waals surface area contributed by atoms with Crippen LogP contribution in [-0.2, 0) is 20.1 Å². The number of nitrogens with zero attached hydrogens (tertiary/aromatic N) is 4. The first-order chi connectivity index (χ1) is 20.3.